The number of aromatic amines is 1. The maximum atomic E-state index is 11.3. The lowest BCUT2D eigenvalue weighted by Gasteiger charge is -2.06. The molecule has 0 unspecified atom stereocenters. The Labute approximate surface area is 129 Å². The maximum absolute atomic E-state index is 11.3. The van der Waals surface area contributed by atoms with Gasteiger partial charge in [-0.05, 0) is 31.2 Å². The Kier molecular flexibility index (Phi) is 3.37. The van der Waals surface area contributed by atoms with Crippen LogP contribution in [0, 0.1) is 17.0 Å². The fourth-order valence-corrected chi connectivity index (χ4v) is 2.24. The SMILES string of the molecule is Cc1cc(Nc2ccc3[nH]nc(C(N)=O)c3c2)ncc1[N+](=O)[O-]. The second-order valence-electron chi connectivity index (χ2n) is 4.93. The molecule has 0 atom stereocenters. The number of nitrogens with zero attached hydrogens (tertiary/aromatic N) is 3. The summed E-state index contributed by atoms with van der Waals surface area (Å²) >= 11 is 0. The Morgan fingerprint density at radius 1 is 1.39 bits per heavy atom. The lowest BCUT2D eigenvalue weighted by Crippen LogP contribution is -2.11. The summed E-state index contributed by atoms with van der Waals surface area (Å²) < 4.78 is 0. The quantitative estimate of drug-likeness (QED) is 0.497. The number of fused-ring (bicyclic) bond motifs is 1. The van der Waals surface area contributed by atoms with Gasteiger partial charge in [0.2, 0.25) is 0 Å². The van der Waals surface area contributed by atoms with Crippen LogP contribution in [-0.4, -0.2) is 26.0 Å². The van der Waals surface area contributed by atoms with Crippen molar-refractivity contribution >= 4 is 34.0 Å². The standard InChI is InChI=1S/C14H12N6O3/c1-7-4-12(16-6-11(7)20(22)23)17-8-2-3-10-9(5-8)13(14(15)21)19-18-10/h2-6H,1H3,(H2,15,21)(H,16,17)(H,18,19). The number of carbonyl (C=O) groups is 1. The fraction of sp³-hybridized carbons (Fsp3) is 0.0714. The van der Waals surface area contributed by atoms with Crippen LogP contribution in [0.5, 0.6) is 0 Å². The summed E-state index contributed by atoms with van der Waals surface area (Å²) in [7, 11) is 0. The van der Waals surface area contributed by atoms with Crippen LogP contribution >= 0.6 is 0 Å². The molecule has 0 aliphatic carbocycles. The number of rotatable bonds is 4. The molecule has 9 heteroatoms. The van der Waals surface area contributed by atoms with Crippen molar-refractivity contribution < 1.29 is 9.72 Å². The summed E-state index contributed by atoms with van der Waals surface area (Å²) in [6.45, 7) is 1.63. The number of aromatic nitrogens is 3. The molecule has 4 N–H and O–H groups in total. The molecule has 9 nitrogen and oxygen atoms in total. The van der Waals surface area contributed by atoms with Gasteiger partial charge < -0.3 is 11.1 Å². The van der Waals surface area contributed by atoms with E-state index < -0.39 is 10.8 Å². The minimum atomic E-state index is -0.627. The monoisotopic (exact) mass is 312 g/mol. The molecule has 116 valence electrons. The minimum absolute atomic E-state index is 0.0446. The molecule has 0 saturated heterocycles. The van der Waals surface area contributed by atoms with Gasteiger partial charge in [0.1, 0.15) is 12.0 Å². The van der Waals surface area contributed by atoms with Gasteiger partial charge in [-0.25, -0.2) is 4.98 Å². The third-order valence-corrected chi connectivity index (χ3v) is 3.35. The first kappa shape index (κ1) is 14.4. The molecule has 0 aliphatic heterocycles. The van der Waals surface area contributed by atoms with Crippen molar-refractivity contribution in [3.63, 3.8) is 0 Å². The van der Waals surface area contributed by atoms with E-state index in [1.165, 1.54) is 6.20 Å². The van der Waals surface area contributed by atoms with E-state index in [-0.39, 0.29) is 11.4 Å². The van der Waals surface area contributed by atoms with Gasteiger partial charge in [0.15, 0.2) is 5.69 Å². The molecule has 0 aliphatic rings. The van der Waals surface area contributed by atoms with Gasteiger partial charge >= 0.3 is 0 Å². The molecule has 0 spiro atoms. The Morgan fingerprint density at radius 2 is 2.17 bits per heavy atom. The number of nitrogens with two attached hydrogens (primary N) is 1. The van der Waals surface area contributed by atoms with Crippen molar-refractivity contribution in [2.45, 2.75) is 6.92 Å². The zero-order chi connectivity index (χ0) is 16.6. The van der Waals surface area contributed by atoms with E-state index in [0.29, 0.717) is 28.0 Å². The number of aryl methyl sites for hydroxylation is 1. The van der Waals surface area contributed by atoms with Gasteiger partial charge in [0, 0.05) is 16.6 Å². The van der Waals surface area contributed by atoms with Crippen LogP contribution in [0.3, 0.4) is 0 Å². The molecular weight excluding hydrogens is 300 g/mol. The minimum Gasteiger partial charge on any atom is -0.364 e. The van der Waals surface area contributed by atoms with Crippen molar-refractivity contribution in [3.05, 3.63) is 51.8 Å². The number of nitro groups is 1. The number of amides is 1. The average molecular weight is 312 g/mol. The van der Waals surface area contributed by atoms with Crippen molar-refractivity contribution in [2.75, 3.05) is 5.32 Å². The topological polar surface area (TPSA) is 140 Å². The first-order valence-corrected chi connectivity index (χ1v) is 6.61. The molecular formula is C14H12N6O3. The zero-order valence-electron chi connectivity index (χ0n) is 12.0. The number of benzene rings is 1. The number of H-pyrrole nitrogens is 1. The third-order valence-electron chi connectivity index (χ3n) is 3.35. The number of carbonyl (C=O) groups excluding carboxylic acids is 1. The van der Waals surface area contributed by atoms with Gasteiger partial charge in [-0.3, -0.25) is 20.0 Å². The predicted octanol–water partition coefficient (Wildman–Crippen LogP) is 2.02. The normalized spacial score (nSPS) is 10.7. The molecule has 1 amide bonds. The molecule has 0 saturated carbocycles. The summed E-state index contributed by atoms with van der Waals surface area (Å²) in [5.74, 6) is -0.172. The van der Waals surface area contributed by atoms with Gasteiger partial charge in [-0.1, -0.05) is 0 Å². The summed E-state index contributed by atoms with van der Waals surface area (Å²) in [5, 5.41) is 21.0. The van der Waals surface area contributed by atoms with Gasteiger partial charge in [0.25, 0.3) is 11.6 Å². The number of anilines is 2. The average Bonchev–Trinajstić information content (AvgIpc) is 2.90. The van der Waals surface area contributed by atoms with Crippen LogP contribution in [0.4, 0.5) is 17.2 Å². The number of primary amides is 1. The highest BCUT2D eigenvalue weighted by Gasteiger charge is 2.13. The fourth-order valence-electron chi connectivity index (χ4n) is 2.24. The van der Waals surface area contributed by atoms with Gasteiger partial charge in [-0.15, -0.1) is 0 Å². The zero-order valence-corrected chi connectivity index (χ0v) is 12.0. The number of nitrogens with one attached hydrogen (secondary N) is 2. The molecule has 0 fully saturated rings. The van der Waals surface area contributed by atoms with Crippen molar-refractivity contribution in [3.8, 4) is 0 Å². The van der Waals surface area contributed by atoms with E-state index in [1.54, 1.807) is 31.2 Å². The van der Waals surface area contributed by atoms with E-state index in [0.717, 1.165) is 0 Å². The second-order valence-corrected chi connectivity index (χ2v) is 4.93. The molecule has 0 bridgehead atoms. The lowest BCUT2D eigenvalue weighted by atomic mass is 10.2. The van der Waals surface area contributed by atoms with Gasteiger partial charge in [-0.2, -0.15) is 5.10 Å². The van der Waals surface area contributed by atoms with Crippen LogP contribution in [0.2, 0.25) is 0 Å². The van der Waals surface area contributed by atoms with Crippen LogP contribution in [0.15, 0.2) is 30.5 Å². The van der Waals surface area contributed by atoms with Gasteiger partial charge in [0.05, 0.1) is 10.4 Å². The maximum Gasteiger partial charge on any atom is 0.290 e. The first-order valence-electron chi connectivity index (χ1n) is 6.61. The number of hydrogen-bond donors (Lipinski definition) is 3. The summed E-state index contributed by atoms with van der Waals surface area (Å²) in [6.07, 6.45) is 1.20. The van der Waals surface area contributed by atoms with Crippen LogP contribution in [0.25, 0.3) is 10.9 Å². The lowest BCUT2D eigenvalue weighted by molar-refractivity contribution is -0.385. The Hall–Kier alpha value is -3.49. The van der Waals surface area contributed by atoms with Crippen molar-refractivity contribution in [1.82, 2.24) is 15.2 Å². The van der Waals surface area contributed by atoms with E-state index in [9.17, 15) is 14.9 Å². The predicted molar refractivity (Wildman–Crippen MR) is 83.5 cm³/mol. The third kappa shape index (κ3) is 2.67. The highest BCUT2D eigenvalue weighted by atomic mass is 16.6. The first-order chi connectivity index (χ1) is 11.0. The van der Waals surface area contributed by atoms with Crippen LogP contribution in [-0.2, 0) is 0 Å². The molecule has 2 heterocycles. The Bertz CT molecular complexity index is 933. The van der Waals surface area contributed by atoms with Crippen LogP contribution < -0.4 is 11.1 Å². The van der Waals surface area contributed by atoms with E-state index >= 15 is 0 Å². The Balaban J connectivity index is 1.95. The second kappa shape index (κ2) is 5.37. The molecule has 3 rings (SSSR count). The van der Waals surface area contributed by atoms with E-state index in [2.05, 4.69) is 20.5 Å². The highest BCUT2D eigenvalue weighted by Crippen LogP contribution is 2.25. The summed E-state index contributed by atoms with van der Waals surface area (Å²) in [4.78, 5) is 25.7. The molecule has 0 radical (unpaired) electrons. The van der Waals surface area contributed by atoms with Crippen molar-refractivity contribution in [2.24, 2.45) is 5.73 Å². The molecule has 1 aromatic carbocycles. The number of pyridine rings is 1. The Morgan fingerprint density at radius 3 is 2.83 bits per heavy atom. The summed E-state index contributed by atoms with van der Waals surface area (Å²) in [5.41, 5.74) is 7.21. The highest BCUT2D eigenvalue weighted by molar-refractivity contribution is 6.04. The summed E-state index contributed by atoms with van der Waals surface area (Å²) in [6, 6.07) is 6.79. The molecule has 3 aromatic rings. The molecule has 2 aromatic heterocycles. The van der Waals surface area contributed by atoms with Crippen molar-refractivity contribution in [1.29, 1.82) is 0 Å². The largest absolute Gasteiger partial charge is 0.364 e. The van der Waals surface area contributed by atoms with E-state index in [4.69, 9.17) is 5.73 Å². The van der Waals surface area contributed by atoms with Crippen LogP contribution in [0.1, 0.15) is 16.1 Å². The number of hydrogen-bond acceptors (Lipinski definition) is 6. The van der Waals surface area contributed by atoms with E-state index in [1.807, 2.05) is 0 Å². The molecule has 23 heavy (non-hydrogen) atoms. The smallest absolute Gasteiger partial charge is 0.290 e.